The molecule has 3 heterocycles. The molecule has 1 fully saturated rings. The largest absolute Gasteiger partial charge is 0.573 e. The highest BCUT2D eigenvalue weighted by Crippen LogP contribution is 2.37. The van der Waals surface area contributed by atoms with Crippen LogP contribution >= 0.6 is 0 Å². The second-order valence-electron chi connectivity index (χ2n) is 9.07. The maximum Gasteiger partial charge on any atom is 0.573 e. The van der Waals surface area contributed by atoms with Gasteiger partial charge >= 0.3 is 6.36 Å². The van der Waals surface area contributed by atoms with Crippen LogP contribution in [0.2, 0.25) is 0 Å². The van der Waals surface area contributed by atoms with Crippen LogP contribution in [0.1, 0.15) is 49.8 Å². The molecule has 0 N–H and O–H groups in total. The number of fused-ring (bicyclic) bond motifs is 1. The van der Waals surface area contributed by atoms with Gasteiger partial charge in [0.25, 0.3) is 0 Å². The molecule has 0 spiro atoms. The predicted octanol–water partition coefficient (Wildman–Crippen LogP) is 6.66. The van der Waals surface area contributed by atoms with Gasteiger partial charge in [-0.05, 0) is 75.5 Å². The molecule has 8 heteroatoms. The fraction of sp³-hybridized carbons (Fsp3) is 0.500. The number of ether oxygens (including phenoxy) is 2. The standard InChI is InChI=1S/C26H32F3N3O2/c1-5-19(16-31-11-7-6-8-12-31)32-15-18(3)25-22(32)13-17(2)24(30-25)21-10-9-20(14-23(21)33-4)34-26(27,28)29/h9-10,13-15,19H,5-8,11-12,16H2,1-4H3/t19-/m0/s1. The van der Waals surface area contributed by atoms with Crippen molar-refractivity contribution in [3.63, 3.8) is 0 Å². The molecule has 4 rings (SSSR count). The van der Waals surface area contributed by atoms with Crippen molar-refractivity contribution >= 4 is 11.0 Å². The van der Waals surface area contributed by atoms with Crippen molar-refractivity contribution in [3.8, 4) is 22.8 Å². The average molecular weight is 476 g/mol. The number of pyridine rings is 1. The Balaban J connectivity index is 1.71. The van der Waals surface area contributed by atoms with Gasteiger partial charge < -0.3 is 18.9 Å². The fourth-order valence-corrected chi connectivity index (χ4v) is 4.92. The first kappa shape index (κ1) is 24.4. The van der Waals surface area contributed by atoms with Gasteiger partial charge in [-0.15, -0.1) is 13.2 Å². The molecule has 1 aliphatic rings. The Morgan fingerprint density at radius 3 is 2.44 bits per heavy atom. The smallest absolute Gasteiger partial charge is 0.496 e. The minimum absolute atomic E-state index is 0.283. The molecule has 1 saturated heterocycles. The van der Waals surface area contributed by atoms with Crippen molar-refractivity contribution in [1.29, 1.82) is 0 Å². The molecule has 184 valence electrons. The molecule has 1 aromatic carbocycles. The van der Waals surface area contributed by atoms with Gasteiger partial charge in [-0.3, -0.25) is 0 Å². The Labute approximate surface area is 198 Å². The molecule has 0 aliphatic carbocycles. The maximum absolute atomic E-state index is 12.6. The van der Waals surface area contributed by atoms with Crippen molar-refractivity contribution in [2.45, 2.75) is 58.9 Å². The van der Waals surface area contributed by atoms with Crippen LogP contribution in [-0.4, -0.2) is 47.6 Å². The number of methoxy groups -OCH3 is 1. The lowest BCUT2D eigenvalue weighted by Crippen LogP contribution is -2.34. The van der Waals surface area contributed by atoms with E-state index in [4.69, 9.17) is 9.72 Å². The summed E-state index contributed by atoms with van der Waals surface area (Å²) in [5, 5.41) is 0. The van der Waals surface area contributed by atoms with Gasteiger partial charge in [0.15, 0.2) is 0 Å². The number of nitrogens with zero attached hydrogens (tertiary/aromatic N) is 3. The van der Waals surface area contributed by atoms with Crippen LogP contribution in [0.15, 0.2) is 30.5 Å². The van der Waals surface area contributed by atoms with E-state index in [1.54, 1.807) is 6.07 Å². The van der Waals surface area contributed by atoms with Crippen LogP contribution in [0.25, 0.3) is 22.3 Å². The minimum atomic E-state index is -4.76. The third kappa shape index (κ3) is 5.17. The molecular formula is C26H32F3N3O2. The van der Waals surface area contributed by atoms with Crippen molar-refractivity contribution in [3.05, 3.63) is 41.6 Å². The zero-order valence-corrected chi connectivity index (χ0v) is 20.2. The van der Waals surface area contributed by atoms with Gasteiger partial charge in [-0.2, -0.15) is 0 Å². The molecule has 0 radical (unpaired) electrons. The lowest BCUT2D eigenvalue weighted by molar-refractivity contribution is -0.274. The van der Waals surface area contributed by atoms with E-state index in [9.17, 15) is 13.2 Å². The highest BCUT2D eigenvalue weighted by atomic mass is 19.4. The number of aromatic nitrogens is 2. The Morgan fingerprint density at radius 2 is 1.79 bits per heavy atom. The summed E-state index contributed by atoms with van der Waals surface area (Å²) in [5.41, 5.74) is 5.30. The monoisotopic (exact) mass is 475 g/mol. The minimum Gasteiger partial charge on any atom is -0.496 e. The summed E-state index contributed by atoms with van der Waals surface area (Å²) in [6.07, 6.45) is 2.29. The van der Waals surface area contributed by atoms with Crippen molar-refractivity contribution < 1.29 is 22.6 Å². The summed E-state index contributed by atoms with van der Waals surface area (Å²) < 4.78 is 49.7. The van der Waals surface area contributed by atoms with E-state index in [1.165, 1.54) is 38.5 Å². The van der Waals surface area contributed by atoms with Crippen LogP contribution in [0.5, 0.6) is 11.5 Å². The van der Waals surface area contributed by atoms with E-state index in [1.807, 2.05) is 6.92 Å². The number of alkyl halides is 3. The van der Waals surface area contributed by atoms with Gasteiger partial charge in [0.1, 0.15) is 11.5 Å². The quantitative estimate of drug-likeness (QED) is 0.383. The molecule has 0 unspecified atom stereocenters. The number of likely N-dealkylation sites (tertiary alicyclic amines) is 1. The zero-order valence-electron chi connectivity index (χ0n) is 20.2. The molecular weight excluding hydrogens is 443 g/mol. The number of piperidine rings is 1. The molecule has 0 bridgehead atoms. The summed E-state index contributed by atoms with van der Waals surface area (Å²) in [5.74, 6) is -0.0389. The lowest BCUT2D eigenvalue weighted by atomic mass is 10.0. The Bertz CT molecular complexity index is 1150. The van der Waals surface area contributed by atoms with Gasteiger partial charge in [-0.1, -0.05) is 13.3 Å². The highest BCUT2D eigenvalue weighted by molar-refractivity contribution is 5.85. The Hall–Kier alpha value is -2.74. The van der Waals surface area contributed by atoms with E-state index < -0.39 is 6.36 Å². The predicted molar refractivity (Wildman–Crippen MR) is 127 cm³/mol. The normalized spacial score (nSPS) is 16.1. The second kappa shape index (κ2) is 9.86. The van der Waals surface area contributed by atoms with E-state index in [0.717, 1.165) is 48.2 Å². The summed E-state index contributed by atoms with van der Waals surface area (Å²) in [4.78, 5) is 7.52. The van der Waals surface area contributed by atoms with Crippen LogP contribution in [-0.2, 0) is 0 Å². The highest BCUT2D eigenvalue weighted by Gasteiger charge is 2.31. The first-order valence-corrected chi connectivity index (χ1v) is 11.9. The van der Waals surface area contributed by atoms with Crippen molar-refractivity contribution in [1.82, 2.24) is 14.5 Å². The first-order chi connectivity index (χ1) is 16.2. The molecule has 5 nitrogen and oxygen atoms in total. The van der Waals surface area contributed by atoms with Gasteiger partial charge in [-0.25, -0.2) is 4.98 Å². The van der Waals surface area contributed by atoms with Gasteiger partial charge in [0, 0.05) is 30.4 Å². The van der Waals surface area contributed by atoms with Crippen LogP contribution in [0.3, 0.4) is 0 Å². The van der Waals surface area contributed by atoms with E-state index in [0.29, 0.717) is 17.3 Å². The molecule has 1 aliphatic heterocycles. The molecule has 1 atom stereocenters. The number of halogens is 3. The Kier molecular flexibility index (Phi) is 7.07. The third-order valence-corrected chi connectivity index (χ3v) is 6.62. The van der Waals surface area contributed by atoms with Gasteiger partial charge in [0.2, 0.25) is 0 Å². The number of benzene rings is 1. The maximum atomic E-state index is 12.6. The van der Waals surface area contributed by atoms with E-state index in [-0.39, 0.29) is 11.5 Å². The average Bonchev–Trinajstić information content (AvgIpc) is 3.11. The molecule has 2 aromatic heterocycles. The molecule has 3 aromatic rings. The van der Waals surface area contributed by atoms with Gasteiger partial charge in [0.05, 0.1) is 23.8 Å². The first-order valence-electron chi connectivity index (χ1n) is 11.9. The number of hydrogen-bond donors (Lipinski definition) is 0. The molecule has 34 heavy (non-hydrogen) atoms. The molecule has 0 saturated carbocycles. The SMILES string of the molecule is CC[C@@H](CN1CCCCC1)n1cc(C)c2nc(-c3ccc(OC(F)(F)F)cc3OC)c(C)cc21. The summed E-state index contributed by atoms with van der Waals surface area (Å²) in [7, 11) is 1.43. The second-order valence-corrected chi connectivity index (χ2v) is 9.07. The summed E-state index contributed by atoms with van der Waals surface area (Å²) >= 11 is 0. The molecule has 0 amide bonds. The van der Waals surface area contributed by atoms with Crippen LogP contribution in [0.4, 0.5) is 13.2 Å². The summed E-state index contributed by atoms with van der Waals surface area (Å²) in [6.45, 7) is 9.58. The summed E-state index contributed by atoms with van der Waals surface area (Å²) in [6, 6.07) is 6.59. The topological polar surface area (TPSA) is 39.5 Å². The van der Waals surface area contributed by atoms with Crippen molar-refractivity contribution in [2.24, 2.45) is 0 Å². The van der Waals surface area contributed by atoms with E-state index in [2.05, 4.69) is 40.3 Å². The lowest BCUT2D eigenvalue weighted by Gasteiger charge is -2.31. The van der Waals surface area contributed by atoms with Crippen LogP contribution in [0, 0.1) is 13.8 Å². The fourth-order valence-electron chi connectivity index (χ4n) is 4.92. The number of hydrogen-bond acceptors (Lipinski definition) is 4. The third-order valence-electron chi connectivity index (χ3n) is 6.62. The van der Waals surface area contributed by atoms with Crippen LogP contribution < -0.4 is 9.47 Å². The van der Waals surface area contributed by atoms with E-state index >= 15 is 0 Å². The number of rotatable bonds is 7. The Morgan fingerprint density at radius 1 is 1.06 bits per heavy atom. The van der Waals surface area contributed by atoms with Crippen molar-refractivity contribution in [2.75, 3.05) is 26.7 Å². The number of aryl methyl sites for hydroxylation is 2. The zero-order chi connectivity index (χ0) is 24.5.